The van der Waals surface area contributed by atoms with Crippen LogP contribution >= 0.6 is 0 Å². The number of aryl methyl sites for hydroxylation is 1. The minimum Gasteiger partial charge on any atom is -0.462 e. The van der Waals surface area contributed by atoms with E-state index in [0.29, 0.717) is 30.2 Å². The molecule has 1 saturated carbocycles. The zero-order valence-corrected chi connectivity index (χ0v) is 18.2. The first-order valence-corrected chi connectivity index (χ1v) is 11.7. The summed E-state index contributed by atoms with van der Waals surface area (Å²) in [4.78, 5) is 20.7. The summed E-state index contributed by atoms with van der Waals surface area (Å²) < 4.78 is 32.8. The number of rotatable bonds is 9. The Balaban J connectivity index is 1.59. The normalized spacial score (nSPS) is 14.6. The van der Waals surface area contributed by atoms with E-state index in [1.54, 1.807) is 26.0 Å². The van der Waals surface area contributed by atoms with Gasteiger partial charge in [0.15, 0.2) is 0 Å². The minimum absolute atomic E-state index is 0.0452. The average molecular weight is 433 g/mol. The van der Waals surface area contributed by atoms with Crippen molar-refractivity contribution in [1.29, 1.82) is 0 Å². The molecule has 2 aromatic rings. The average Bonchev–Trinajstić information content (AvgIpc) is 3.21. The van der Waals surface area contributed by atoms with Crippen LogP contribution in [0, 0.1) is 6.92 Å². The number of hydrogen-bond donors (Lipinski definition) is 2. The lowest BCUT2D eigenvalue weighted by Gasteiger charge is -2.13. The lowest BCUT2D eigenvalue weighted by molar-refractivity contribution is 0.0526. The molecule has 0 bridgehead atoms. The lowest BCUT2D eigenvalue weighted by atomic mass is 10.1. The first-order valence-electron chi connectivity index (χ1n) is 10.2. The number of carbonyl (C=O) groups excluding carboxylic acids is 1. The van der Waals surface area contributed by atoms with Crippen molar-refractivity contribution < 1.29 is 17.9 Å². The molecule has 30 heavy (non-hydrogen) atoms. The van der Waals surface area contributed by atoms with Gasteiger partial charge in [0.05, 0.1) is 11.5 Å². The number of nitrogens with zero attached hydrogens (tertiary/aromatic N) is 2. The van der Waals surface area contributed by atoms with Crippen LogP contribution in [0.4, 0.5) is 5.82 Å². The van der Waals surface area contributed by atoms with E-state index in [0.717, 1.165) is 31.2 Å². The van der Waals surface area contributed by atoms with Crippen LogP contribution in [0.5, 0.6) is 0 Å². The van der Waals surface area contributed by atoms with Crippen LogP contribution in [0.3, 0.4) is 0 Å². The second kappa shape index (κ2) is 9.99. The van der Waals surface area contributed by atoms with Crippen LogP contribution in [0.2, 0.25) is 0 Å². The summed E-state index contributed by atoms with van der Waals surface area (Å²) in [6.07, 6.45) is 6.05. The van der Waals surface area contributed by atoms with Gasteiger partial charge in [-0.1, -0.05) is 25.0 Å². The summed E-state index contributed by atoms with van der Waals surface area (Å²) in [6.45, 7) is 4.29. The number of carbonyl (C=O) groups is 1. The number of aromatic nitrogens is 2. The van der Waals surface area contributed by atoms with E-state index in [2.05, 4.69) is 20.0 Å². The van der Waals surface area contributed by atoms with E-state index in [-0.39, 0.29) is 17.5 Å². The molecular weight excluding hydrogens is 404 g/mol. The maximum Gasteiger partial charge on any atom is 0.343 e. The van der Waals surface area contributed by atoms with Crippen molar-refractivity contribution in [1.82, 2.24) is 14.7 Å². The van der Waals surface area contributed by atoms with Gasteiger partial charge < -0.3 is 10.1 Å². The Bertz CT molecular complexity index is 971. The van der Waals surface area contributed by atoms with Crippen LogP contribution in [0.1, 0.15) is 54.4 Å². The van der Waals surface area contributed by atoms with Crippen LogP contribution in [0.15, 0.2) is 35.4 Å². The van der Waals surface area contributed by atoms with Gasteiger partial charge in [-0.2, -0.15) is 0 Å². The van der Waals surface area contributed by atoms with E-state index in [1.165, 1.54) is 6.20 Å². The quantitative estimate of drug-likeness (QED) is 0.586. The molecule has 1 heterocycles. The Morgan fingerprint density at radius 2 is 1.90 bits per heavy atom. The zero-order chi connectivity index (χ0) is 21.6. The third kappa shape index (κ3) is 5.76. The number of ether oxygens (including phenoxy) is 1. The topological polar surface area (TPSA) is 110 Å². The highest BCUT2D eigenvalue weighted by atomic mass is 32.2. The van der Waals surface area contributed by atoms with Crippen molar-refractivity contribution in [3.05, 3.63) is 47.4 Å². The summed E-state index contributed by atoms with van der Waals surface area (Å²) in [5.41, 5.74) is 1.27. The van der Waals surface area contributed by atoms with Gasteiger partial charge in [-0.15, -0.1) is 0 Å². The molecule has 162 valence electrons. The van der Waals surface area contributed by atoms with Crippen molar-refractivity contribution in [3.8, 4) is 0 Å². The smallest absolute Gasteiger partial charge is 0.343 e. The van der Waals surface area contributed by atoms with E-state index in [1.807, 2.05) is 12.1 Å². The molecule has 3 rings (SSSR count). The predicted octanol–water partition coefficient (Wildman–Crippen LogP) is 2.84. The van der Waals surface area contributed by atoms with E-state index < -0.39 is 16.0 Å². The largest absolute Gasteiger partial charge is 0.462 e. The molecule has 9 heteroatoms. The Kier molecular flexibility index (Phi) is 7.38. The number of esters is 1. The molecule has 0 aliphatic heterocycles. The fraction of sp³-hybridized carbons (Fsp3) is 0.476. The molecule has 1 fully saturated rings. The summed E-state index contributed by atoms with van der Waals surface area (Å²) in [7, 11) is -3.48. The van der Waals surface area contributed by atoms with Gasteiger partial charge in [0.25, 0.3) is 0 Å². The Hall–Kier alpha value is -2.52. The molecule has 2 N–H and O–H groups in total. The summed E-state index contributed by atoms with van der Waals surface area (Å²) in [5.74, 6) is 0.514. The third-order valence-corrected chi connectivity index (χ3v) is 6.56. The standard InChI is InChI=1S/C21H28N4O4S/c1-3-29-21(26)19-14-23-15(2)24-20(19)22-13-12-16-8-10-18(11-9-16)30(27,28)25-17-6-4-5-7-17/h8-11,14,17,25H,3-7,12-13H2,1-2H3,(H,22,23,24). The Labute approximate surface area is 177 Å². The van der Waals surface area contributed by atoms with E-state index in [4.69, 9.17) is 4.74 Å². The fourth-order valence-electron chi connectivity index (χ4n) is 3.45. The van der Waals surface area contributed by atoms with Gasteiger partial charge in [0.2, 0.25) is 10.0 Å². The second-order valence-corrected chi connectivity index (χ2v) is 9.04. The monoisotopic (exact) mass is 432 g/mol. The van der Waals surface area contributed by atoms with Gasteiger partial charge in [-0.25, -0.2) is 27.9 Å². The van der Waals surface area contributed by atoms with Gasteiger partial charge in [0, 0.05) is 18.8 Å². The molecule has 0 unspecified atom stereocenters. The highest BCUT2D eigenvalue weighted by molar-refractivity contribution is 7.89. The van der Waals surface area contributed by atoms with E-state index in [9.17, 15) is 13.2 Å². The zero-order valence-electron chi connectivity index (χ0n) is 17.3. The van der Waals surface area contributed by atoms with Crippen molar-refractivity contribution in [2.75, 3.05) is 18.5 Å². The highest BCUT2D eigenvalue weighted by Crippen LogP contribution is 2.21. The number of nitrogens with one attached hydrogen (secondary N) is 2. The number of anilines is 1. The van der Waals surface area contributed by atoms with Crippen LogP contribution in [0.25, 0.3) is 0 Å². The Morgan fingerprint density at radius 3 is 2.57 bits per heavy atom. The van der Waals surface area contributed by atoms with Crippen molar-refractivity contribution in [3.63, 3.8) is 0 Å². The van der Waals surface area contributed by atoms with Gasteiger partial charge >= 0.3 is 5.97 Å². The summed E-state index contributed by atoms with van der Waals surface area (Å²) >= 11 is 0. The van der Waals surface area contributed by atoms with Crippen LogP contribution in [-0.2, 0) is 21.2 Å². The predicted molar refractivity (Wildman–Crippen MR) is 114 cm³/mol. The second-order valence-electron chi connectivity index (χ2n) is 7.32. The van der Waals surface area contributed by atoms with Crippen LogP contribution < -0.4 is 10.0 Å². The number of hydrogen-bond acceptors (Lipinski definition) is 7. The molecule has 1 aromatic carbocycles. The molecule has 1 aliphatic rings. The first-order chi connectivity index (χ1) is 14.4. The van der Waals surface area contributed by atoms with Gasteiger partial charge in [-0.05, 0) is 50.8 Å². The number of benzene rings is 1. The third-order valence-electron chi connectivity index (χ3n) is 5.02. The maximum absolute atomic E-state index is 12.5. The van der Waals surface area contributed by atoms with E-state index >= 15 is 0 Å². The molecular formula is C21H28N4O4S. The Morgan fingerprint density at radius 1 is 1.20 bits per heavy atom. The SMILES string of the molecule is CCOC(=O)c1cnc(C)nc1NCCc1ccc(S(=O)(=O)NC2CCCC2)cc1. The molecule has 0 amide bonds. The molecule has 1 aromatic heterocycles. The molecule has 1 aliphatic carbocycles. The maximum atomic E-state index is 12.5. The molecule has 8 nitrogen and oxygen atoms in total. The molecule has 0 radical (unpaired) electrons. The molecule has 0 atom stereocenters. The summed E-state index contributed by atoms with van der Waals surface area (Å²) in [6, 6.07) is 6.92. The van der Waals surface area contributed by atoms with Gasteiger partial charge in [0.1, 0.15) is 17.2 Å². The van der Waals surface area contributed by atoms with Crippen molar-refractivity contribution in [2.45, 2.75) is 56.9 Å². The fourth-order valence-corrected chi connectivity index (χ4v) is 4.76. The molecule has 0 saturated heterocycles. The molecule has 0 spiro atoms. The van der Waals surface area contributed by atoms with Crippen LogP contribution in [-0.4, -0.2) is 43.5 Å². The van der Waals surface area contributed by atoms with Crippen molar-refractivity contribution >= 4 is 21.8 Å². The first kappa shape index (κ1) is 22.2. The lowest BCUT2D eigenvalue weighted by Crippen LogP contribution is -2.32. The summed E-state index contributed by atoms with van der Waals surface area (Å²) in [5, 5.41) is 3.15. The van der Waals surface area contributed by atoms with Gasteiger partial charge in [-0.3, -0.25) is 0 Å². The minimum atomic E-state index is -3.48. The number of sulfonamides is 1. The van der Waals surface area contributed by atoms with Crippen molar-refractivity contribution in [2.24, 2.45) is 0 Å². The highest BCUT2D eigenvalue weighted by Gasteiger charge is 2.22.